The van der Waals surface area contributed by atoms with Gasteiger partial charge >= 0.3 is 0 Å². The van der Waals surface area contributed by atoms with E-state index >= 15 is 0 Å². The standard InChI is InChI=1S/C6H6N2/c1-3-7-5-2-6-8(7)4-1/h1-6H. The molecular formula is C6H6N2. The van der Waals surface area contributed by atoms with Crippen LogP contribution in [-0.2, 0) is 0 Å². The van der Waals surface area contributed by atoms with E-state index in [0.717, 1.165) is 0 Å². The summed E-state index contributed by atoms with van der Waals surface area (Å²) in [5.41, 5.74) is 0. The first-order valence-electron chi connectivity index (χ1n) is 2.57. The summed E-state index contributed by atoms with van der Waals surface area (Å²) in [6.45, 7) is 0. The lowest BCUT2D eigenvalue weighted by Gasteiger charge is -1.76. The molecule has 40 valence electrons. The molecule has 0 fully saturated rings. The van der Waals surface area contributed by atoms with E-state index in [2.05, 4.69) is 0 Å². The Morgan fingerprint density at radius 3 is 3.25 bits per heavy atom. The molecule has 0 aliphatic rings. The molecule has 0 aliphatic heterocycles. The van der Waals surface area contributed by atoms with Crippen molar-refractivity contribution in [2.24, 2.45) is 0 Å². The Kier molecular flexibility index (Phi) is 0.545. The van der Waals surface area contributed by atoms with Gasteiger partial charge in [-0.05, 0) is 18.5 Å². The minimum absolute atomic E-state index is 2.00. The molecule has 0 saturated carbocycles. The molecule has 8 heavy (non-hydrogen) atoms. The summed E-state index contributed by atoms with van der Waals surface area (Å²) in [6.07, 6.45) is 8.00. The van der Waals surface area contributed by atoms with Crippen LogP contribution in [0, 0.1) is 0 Å². The maximum atomic E-state index is 2.00. The van der Waals surface area contributed by atoms with Crippen LogP contribution in [0.5, 0.6) is 0 Å². The number of hydrogen-bond donors (Lipinski definition) is 0. The summed E-state index contributed by atoms with van der Waals surface area (Å²) in [5, 5.41) is 0. The van der Waals surface area contributed by atoms with Crippen molar-refractivity contribution in [3.63, 3.8) is 0 Å². The highest BCUT2D eigenvalue weighted by Gasteiger charge is 1.85. The highest BCUT2D eigenvalue weighted by atomic mass is 15.3. The summed E-state index contributed by atoms with van der Waals surface area (Å²) in [5.74, 6) is 0. The number of rotatable bonds is 0. The molecule has 2 heterocycles. The van der Waals surface area contributed by atoms with Gasteiger partial charge < -0.3 is 0 Å². The molecule has 0 bridgehead atoms. The molecule has 0 amide bonds. The first-order chi connectivity index (χ1) is 3.97. The van der Waals surface area contributed by atoms with E-state index in [4.69, 9.17) is 0 Å². The van der Waals surface area contributed by atoms with Gasteiger partial charge in [-0.2, -0.15) is 4.52 Å². The molecule has 2 heteroatoms. The lowest BCUT2D eigenvalue weighted by atomic mass is 10.7. The van der Waals surface area contributed by atoms with E-state index < -0.39 is 0 Å². The van der Waals surface area contributed by atoms with Crippen LogP contribution in [0.2, 0.25) is 0 Å². The van der Waals surface area contributed by atoms with Gasteiger partial charge in [0.25, 0.3) is 0 Å². The fraction of sp³-hybridized carbons (Fsp3) is 0. The van der Waals surface area contributed by atoms with Gasteiger partial charge in [0.1, 0.15) is 6.20 Å². The monoisotopic (exact) mass is 106 g/mol. The Balaban J connectivity index is 3.06. The summed E-state index contributed by atoms with van der Waals surface area (Å²) >= 11 is 0. The maximum Gasteiger partial charge on any atom is 0.175 e. The van der Waals surface area contributed by atoms with Gasteiger partial charge in [-0.3, -0.25) is 0 Å². The van der Waals surface area contributed by atoms with Gasteiger partial charge in [0.2, 0.25) is 0 Å². The summed E-state index contributed by atoms with van der Waals surface area (Å²) < 4.78 is 4.00. The van der Waals surface area contributed by atoms with Crippen molar-refractivity contribution in [1.82, 2.24) is 4.52 Å². The molecule has 0 aromatic carbocycles. The number of nitrogens with zero attached hydrogens (tertiary/aromatic N) is 2. The quantitative estimate of drug-likeness (QED) is 0.336. The van der Waals surface area contributed by atoms with Gasteiger partial charge in [-0.15, -0.1) is 0 Å². The van der Waals surface area contributed by atoms with Crippen molar-refractivity contribution < 1.29 is 4.52 Å². The fourth-order valence-electron chi connectivity index (χ4n) is 0.837. The Hall–Kier alpha value is -1.18. The van der Waals surface area contributed by atoms with Gasteiger partial charge in [0.05, 0.1) is 0 Å². The van der Waals surface area contributed by atoms with Crippen LogP contribution in [0.25, 0.3) is 0 Å². The van der Waals surface area contributed by atoms with Crippen LogP contribution in [0.1, 0.15) is 0 Å². The Labute approximate surface area is 47.0 Å². The van der Waals surface area contributed by atoms with Crippen molar-refractivity contribution in [3.8, 4) is 0 Å². The van der Waals surface area contributed by atoms with Crippen LogP contribution >= 0.6 is 0 Å². The zero-order valence-corrected chi connectivity index (χ0v) is 4.36. The van der Waals surface area contributed by atoms with Crippen LogP contribution < -0.4 is 4.52 Å². The average Bonchev–Trinajstić information content (AvgIpc) is 2.15. The third kappa shape index (κ3) is 0.320. The molecule has 0 radical (unpaired) electrons. The minimum Gasteiger partial charge on any atom is -0.243 e. The SMILES string of the molecule is c1cn2[cH-]cc[n+]2c1. The van der Waals surface area contributed by atoms with Crippen molar-refractivity contribution in [3.05, 3.63) is 36.9 Å². The summed E-state index contributed by atoms with van der Waals surface area (Å²) in [6, 6.07) is 4.00. The normalized spacial score (nSPS) is 10.5. The van der Waals surface area contributed by atoms with E-state index in [1.807, 2.05) is 46.0 Å². The molecule has 2 rings (SSSR count). The fourth-order valence-corrected chi connectivity index (χ4v) is 0.837. The Bertz CT molecular complexity index is 228. The largest absolute Gasteiger partial charge is 0.243 e. The average molecular weight is 106 g/mol. The number of hydrogen-bond acceptors (Lipinski definition) is 0. The molecule has 2 aromatic heterocycles. The molecule has 0 saturated heterocycles. The lowest BCUT2D eigenvalue weighted by molar-refractivity contribution is -0.612. The lowest BCUT2D eigenvalue weighted by Crippen LogP contribution is -2.20. The highest BCUT2D eigenvalue weighted by molar-refractivity contribution is 4.80. The topological polar surface area (TPSA) is 8.51 Å². The number of fused-ring (bicyclic) bond motifs is 1. The highest BCUT2D eigenvalue weighted by Crippen LogP contribution is 1.80. The summed E-state index contributed by atoms with van der Waals surface area (Å²) in [7, 11) is 0. The van der Waals surface area contributed by atoms with E-state index in [1.165, 1.54) is 0 Å². The number of aromatic nitrogens is 2. The summed E-state index contributed by atoms with van der Waals surface area (Å²) in [4.78, 5) is 0. The molecule has 0 unspecified atom stereocenters. The molecule has 0 atom stereocenters. The van der Waals surface area contributed by atoms with Crippen molar-refractivity contribution in [2.45, 2.75) is 0 Å². The minimum atomic E-state index is 2.00. The molecular weight excluding hydrogens is 100 g/mol. The van der Waals surface area contributed by atoms with Crippen molar-refractivity contribution >= 4 is 0 Å². The molecule has 0 N–H and O–H groups in total. The van der Waals surface area contributed by atoms with Crippen LogP contribution in [0.15, 0.2) is 36.9 Å². The molecule has 0 spiro atoms. The maximum absolute atomic E-state index is 2.00. The van der Waals surface area contributed by atoms with Gasteiger partial charge in [0.15, 0.2) is 6.20 Å². The van der Waals surface area contributed by atoms with Crippen LogP contribution in [-0.4, -0.2) is 4.52 Å². The van der Waals surface area contributed by atoms with Crippen molar-refractivity contribution in [1.29, 1.82) is 0 Å². The van der Waals surface area contributed by atoms with Gasteiger partial charge in [0, 0.05) is 0 Å². The van der Waals surface area contributed by atoms with Gasteiger partial charge in [-0.1, -0.05) is 6.07 Å². The first kappa shape index (κ1) is 3.78. The van der Waals surface area contributed by atoms with E-state index in [1.54, 1.807) is 0 Å². The second-order valence-electron chi connectivity index (χ2n) is 1.74. The Morgan fingerprint density at radius 1 is 1.38 bits per heavy atom. The zero-order chi connectivity index (χ0) is 5.40. The third-order valence-electron chi connectivity index (χ3n) is 1.22. The van der Waals surface area contributed by atoms with Crippen molar-refractivity contribution in [2.75, 3.05) is 0 Å². The molecule has 2 aromatic rings. The third-order valence-corrected chi connectivity index (χ3v) is 1.22. The van der Waals surface area contributed by atoms with E-state index in [0.29, 0.717) is 0 Å². The van der Waals surface area contributed by atoms with Gasteiger partial charge in [-0.25, -0.2) is 4.52 Å². The van der Waals surface area contributed by atoms with Crippen LogP contribution in [0.3, 0.4) is 0 Å². The molecule has 2 nitrogen and oxygen atoms in total. The zero-order valence-electron chi connectivity index (χ0n) is 4.36. The second kappa shape index (κ2) is 1.15. The predicted octanol–water partition coefficient (Wildman–Crippen LogP) is 0.244. The smallest absolute Gasteiger partial charge is 0.175 e. The molecule has 0 aliphatic carbocycles. The second-order valence-corrected chi connectivity index (χ2v) is 1.74. The predicted molar refractivity (Wildman–Crippen MR) is 28.6 cm³/mol. The van der Waals surface area contributed by atoms with E-state index in [-0.39, 0.29) is 0 Å². The van der Waals surface area contributed by atoms with E-state index in [9.17, 15) is 0 Å². The first-order valence-corrected chi connectivity index (χ1v) is 2.57. The van der Waals surface area contributed by atoms with Crippen LogP contribution in [0.4, 0.5) is 0 Å². The Morgan fingerprint density at radius 2 is 2.38 bits per heavy atom.